The van der Waals surface area contributed by atoms with E-state index in [1.165, 1.54) is 12.3 Å². The molecular weight excluding hydrogens is 424 g/mol. The summed E-state index contributed by atoms with van der Waals surface area (Å²) in [6.07, 6.45) is 2.69. The minimum Gasteiger partial charge on any atom is -0.477 e. The van der Waals surface area contributed by atoms with Gasteiger partial charge in [0.2, 0.25) is 5.91 Å². The molecule has 0 radical (unpaired) electrons. The van der Waals surface area contributed by atoms with E-state index >= 15 is 0 Å². The van der Waals surface area contributed by atoms with E-state index < -0.39 is 40.6 Å². The Morgan fingerprint density at radius 2 is 1.87 bits per heavy atom. The second-order valence-electron chi connectivity index (χ2n) is 6.78. The Labute approximate surface area is 180 Å². The fraction of sp³-hybridized carbons (Fsp3) is 0.200. The van der Waals surface area contributed by atoms with Crippen LogP contribution in [0.5, 0.6) is 0 Å². The van der Waals surface area contributed by atoms with E-state index in [4.69, 9.17) is 4.42 Å². The van der Waals surface area contributed by atoms with Gasteiger partial charge in [-0.15, -0.1) is 11.8 Å². The number of hydrogen-bond donors (Lipinski definition) is 4. The topological polar surface area (TPSA) is 141 Å². The van der Waals surface area contributed by atoms with Crippen molar-refractivity contribution in [3.8, 4) is 0 Å². The molecule has 3 atom stereocenters. The minimum absolute atomic E-state index is 0.0447. The first-order chi connectivity index (χ1) is 14.9. The maximum absolute atomic E-state index is 12.5. The Morgan fingerprint density at radius 3 is 2.55 bits per heavy atom. The third-order valence-electron chi connectivity index (χ3n) is 4.65. The van der Waals surface area contributed by atoms with E-state index in [2.05, 4.69) is 16.0 Å². The molecule has 3 heterocycles. The molecule has 4 rings (SSSR count). The fourth-order valence-corrected chi connectivity index (χ4v) is 4.63. The number of nitrogens with one attached hydrogen (secondary N) is 3. The number of aliphatic carboxylic acids is 1. The second-order valence-corrected chi connectivity index (χ2v) is 8.04. The van der Waals surface area contributed by atoms with Gasteiger partial charge < -0.3 is 25.5 Å². The number of β-lactam (4-membered cyclic amide) rings is 1. The predicted molar refractivity (Wildman–Crippen MR) is 111 cm³/mol. The van der Waals surface area contributed by atoms with Crippen molar-refractivity contribution in [2.75, 3.05) is 5.32 Å². The summed E-state index contributed by atoms with van der Waals surface area (Å²) >= 11 is 1.16. The lowest BCUT2D eigenvalue weighted by Gasteiger charge is -2.49. The van der Waals surface area contributed by atoms with Gasteiger partial charge in [-0.2, -0.15) is 0 Å². The summed E-state index contributed by atoms with van der Waals surface area (Å²) in [4.78, 5) is 49.8. The van der Waals surface area contributed by atoms with Gasteiger partial charge in [-0.1, -0.05) is 18.2 Å². The smallest absolute Gasteiger partial charge is 0.352 e. The number of fused-ring (bicyclic) bond motifs is 1. The highest BCUT2D eigenvalue weighted by molar-refractivity contribution is 8.00. The van der Waals surface area contributed by atoms with Gasteiger partial charge in [0.05, 0.1) is 18.1 Å². The standard InChI is InChI=1S/C20H18N4O6S/c25-14(9-12-7-4-8-30-12)22-16-17(26)24-13(19(27)28)10-15(31-18(16)24)23-20(29)21-11-5-2-1-3-6-11/h1-8,10,15-16,18H,9H2,(H,22,25)(H,27,28)(H2,21,23,29)/t15?,16?,18-/m1/s1. The van der Waals surface area contributed by atoms with Crippen molar-refractivity contribution < 1.29 is 28.7 Å². The van der Waals surface area contributed by atoms with Crippen molar-refractivity contribution in [1.82, 2.24) is 15.5 Å². The Balaban J connectivity index is 1.43. The average Bonchev–Trinajstić information content (AvgIpc) is 3.24. The van der Waals surface area contributed by atoms with Crippen molar-refractivity contribution in [1.29, 1.82) is 0 Å². The third-order valence-corrected chi connectivity index (χ3v) is 5.96. The molecule has 2 aliphatic rings. The Hall–Kier alpha value is -3.73. The highest BCUT2D eigenvalue weighted by Gasteiger charge is 2.54. The largest absolute Gasteiger partial charge is 0.477 e. The van der Waals surface area contributed by atoms with E-state index in [1.807, 2.05) is 6.07 Å². The number of amides is 4. The van der Waals surface area contributed by atoms with Crippen molar-refractivity contribution in [2.45, 2.75) is 23.2 Å². The van der Waals surface area contributed by atoms with Crippen LogP contribution in [0.25, 0.3) is 0 Å². The van der Waals surface area contributed by atoms with Gasteiger partial charge in [0.1, 0.15) is 22.9 Å². The van der Waals surface area contributed by atoms with Crippen LogP contribution >= 0.6 is 11.8 Å². The summed E-state index contributed by atoms with van der Waals surface area (Å²) in [6, 6.07) is 10.6. The molecule has 2 aromatic rings. The zero-order chi connectivity index (χ0) is 22.0. The Kier molecular flexibility index (Phi) is 5.67. The summed E-state index contributed by atoms with van der Waals surface area (Å²) < 4.78 is 5.13. The maximum atomic E-state index is 12.5. The van der Waals surface area contributed by atoms with E-state index in [0.29, 0.717) is 11.4 Å². The first kappa shape index (κ1) is 20.5. The summed E-state index contributed by atoms with van der Waals surface area (Å²) in [6.45, 7) is 0. The highest BCUT2D eigenvalue weighted by atomic mass is 32.2. The van der Waals surface area contributed by atoms with Crippen LogP contribution in [0.4, 0.5) is 10.5 Å². The van der Waals surface area contributed by atoms with Gasteiger partial charge >= 0.3 is 12.0 Å². The summed E-state index contributed by atoms with van der Waals surface area (Å²) in [5.41, 5.74) is 0.335. The van der Waals surface area contributed by atoms with Crippen LogP contribution in [-0.4, -0.2) is 50.6 Å². The number of urea groups is 1. The normalized spacial score (nSPS) is 21.9. The molecule has 160 valence electrons. The van der Waals surface area contributed by atoms with E-state index in [1.54, 1.807) is 36.4 Å². The monoisotopic (exact) mass is 442 g/mol. The number of nitrogens with zero attached hydrogens (tertiary/aromatic N) is 1. The molecule has 0 bridgehead atoms. The molecule has 0 saturated carbocycles. The minimum atomic E-state index is -1.30. The van der Waals surface area contributed by atoms with Crippen LogP contribution < -0.4 is 16.0 Å². The van der Waals surface area contributed by atoms with Crippen molar-refractivity contribution in [2.24, 2.45) is 0 Å². The molecule has 10 nitrogen and oxygen atoms in total. The highest BCUT2D eigenvalue weighted by Crippen LogP contribution is 2.40. The van der Waals surface area contributed by atoms with Crippen LogP contribution in [0, 0.1) is 0 Å². The van der Waals surface area contributed by atoms with Crippen LogP contribution in [0.2, 0.25) is 0 Å². The zero-order valence-corrected chi connectivity index (χ0v) is 16.8. The molecule has 1 aromatic heterocycles. The SMILES string of the molecule is O=C(Cc1ccco1)NC1C(=O)N2C(C(=O)O)=CC(NC(=O)Nc3ccccc3)S[C@H]12. The number of carbonyl (C=O) groups is 4. The molecule has 31 heavy (non-hydrogen) atoms. The molecule has 2 aliphatic heterocycles. The lowest BCUT2D eigenvalue weighted by Crippen LogP contribution is -2.71. The number of carboxylic acids is 1. The first-order valence-corrected chi connectivity index (χ1v) is 10.2. The summed E-state index contributed by atoms with van der Waals surface area (Å²) in [7, 11) is 0. The molecule has 0 spiro atoms. The van der Waals surface area contributed by atoms with Crippen molar-refractivity contribution in [3.05, 3.63) is 66.3 Å². The van der Waals surface area contributed by atoms with E-state index in [-0.39, 0.29) is 12.1 Å². The molecule has 4 amide bonds. The molecule has 0 aliphatic carbocycles. The fourth-order valence-electron chi connectivity index (χ4n) is 3.27. The van der Waals surface area contributed by atoms with Gasteiger partial charge in [0.25, 0.3) is 5.91 Å². The Morgan fingerprint density at radius 1 is 1.10 bits per heavy atom. The molecule has 11 heteroatoms. The molecule has 2 unspecified atom stereocenters. The van der Waals surface area contributed by atoms with Gasteiger partial charge in [0.15, 0.2) is 0 Å². The number of benzene rings is 1. The van der Waals surface area contributed by atoms with Crippen molar-refractivity contribution in [3.63, 3.8) is 0 Å². The molecule has 1 fully saturated rings. The lowest BCUT2D eigenvalue weighted by atomic mass is 10.0. The molecular formula is C20H18N4O6S. The van der Waals surface area contributed by atoms with Gasteiger partial charge in [-0.3, -0.25) is 14.5 Å². The van der Waals surface area contributed by atoms with Crippen LogP contribution in [-0.2, 0) is 20.8 Å². The van der Waals surface area contributed by atoms with Crippen molar-refractivity contribution >= 4 is 41.3 Å². The lowest BCUT2D eigenvalue weighted by molar-refractivity contribution is -0.150. The van der Waals surface area contributed by atoms with Gasteiger partial charge in [0, 0.05) is 5.69 Å². The van der Waals surface area contributed by atoms with Gasteiger partial charge in [-0.05, 0) is 30.3 Å². The quantitative estimate of drug-likeness (QED) is 0.495. The third kappa shape index (κ3) is 4.40. The molecule has 1 saturated heterocycles. The second kappa shape index (κ2) is 8.56. The molecule has 1 aromatic carbocycles. The number of anilines is 1. The predicted octanol–water partition coefficient (Wildman–Crippen LogP) is 1.34. The van der Waals surface area contributed by atoms with Crippen LogP contribution in [0.1, 0.15) is 5.76 Å². The number of carbonyl (C=O) groups excluding carboxylic acids is 3. The van der Waals surface area contributed by atoms with E-state index in [0.717, 1.165) is 16.7 Å². The van der Waals surface area contributed by atoms with Crippen LogP contribution in [0.15, 0.2) is 64.9 Å². The zero-order valence-electron chi connectivity index (χ0n) is 16.0. The van der Waals surface area contributed by atoms with E-state index in [9.17, 15) is 24.3 Å². The number of carboxylic acid groups (broad SMARTS) is 1. The maximum Gasteiger partial charge on any atom is 0.352 e. The summed E-state index contributed by atoms with van der Waals surface area (Å²) in [5, 5.41) is 16.1. The average molecular weight is 442 g/mol. The van der Waals surface area contributed by atoms with Crippen LogP contribution in [0.3, 0.4) is 0 Å². The first-order valence-electron chi connectivity index (χ1n) is 9.30. The number of para-hydroxylation sites is 1. The number of furan rings is 1. The molecule has 4 N–H and O–H groups in total. The Bertz CT molecular complexity index is 1040. The number of thioether (sulfide) groups is 1. The van der Waals surface area contributed by atoms with Gasteiger partial charge in [-0.25, -0.2) is 9.59 Å². The number of hydrogen-bond acceptors (Lipinski definition) is 6. The number of rotatable bonds is 6. The summed E-state index contributed by atoms with van der Waals surface area (Å²) in [5.74, 6) is -1.80.